The highest BCUT2D eigenvalue weighted by Gasteiger charge is 2.30. The van der Waals surface area contributed by atoms with Crippen LogP contribution >= 0.6 is 0 Å². The quantitative estimate of drug-likeness (QED) is 0.699. The minimum atomic E-state index is -0.123. The summed E-state index contributed by atoms with van der Waals surface area (Å²) in [4.78, 5) is 11.3. The van der Waals surface area contributed by atoms with Crippen LogP contribution in [0.5, 0.6) is 0 Å². The second-order valence-electron chi connectivity index (χ2n) is 6.79. The van der Waals surface area contributed by atoms with E-state index in [1.54, 1.807) is 0 Å². The number of methoxy groups -OCH3 is 1. The van der Waals surface area contributed by atoms with Crippen LogP contribution in [0.3, 0.4) is 0 Å². The summed E-state index contributed by atoms with van der Waals surface area (Å²) in [5.41, 5.74) is 0.164. The van der Waals surface area contributed by atoms with Crippen LogP contribution in [0.2, 0.25) is 0 Å². The maximum Gasteiger partial charge on any atom is 0.306 e. The number of ether oxygens (including phenoxy) is 1. The minimum Gasteiger partial charge on any atom is -0.469 e. The molecule has 0 fully saturated rings. The number of hydrogen-bond acceptors (Lipinski definition) is 3. The standard InChI is InChI=1S/C14H29NO2/c1-11(2)15-10-14(5,6)9-13(3,4)8-12(16)17-7/h11,15H,8-10H2,1-7H3. The fraction of sp³-hybridized carbons (Fsp3) is 0.929. The SMILES string of the molecule is COC(=O)CC(C)(C)CC(C)(C)CNC(C)C. The second kappa shape index (κ2) is 6.39. The molecule has 0 aromatic rings. The van der Waals surface area contributed by atoms with E-state index in [4.69, 9.17) is 4.74 Å². The average molecular weight is 243 g/mol. The molecular formula is C14H29NO2. The van der Waals surface area contributed by atoms with E-state index >= 15 is 0 Å². The zero-order valence-electron chi connectivity index (χ0n) is 12.5. The molecule has 3 heteroatoms. The van der Waals surface area contributed by atoms with Crippen molar-refractivity contribution in [1.82, 2.24) is 5.32 Å². The van der Waals surface area contributed by atoms with E-state index in [1.165, 1.54) is 7.11 Å². The van der Waals surface area contributed by atoms with Crippen LogP contribution in [0.15, 0.2) is 0 Å². The molecule has 3 nitrogen and oxygen atoms in total. The summed E-state index contributed by atoms with van der Waals surface area (Å²) in [6, 6.07) is 0.498. The van der Waals surface area contributed by atoms with Crippen LogP contribution in [-0.2, 0) is 9.53 Å². The second-order valence-corrected chi connectivity index (χ2v) is 6.79. The van der Waals surface area contributed by atoms with Gasteiger partial charge in [0.05, 0.1) is 13.5 Å². The molecule has 0 aliphatic heterocycles. The average Bonchev–Trinajstić information content (AvgIpc) is 2.12. The predicted molar refractivity (Wildman–Crippen MR) is 72.0 cm³/mol. The third-order valence-corrected chi connectivity index (χ3v) is 2.80. The van der Waals surface area contributed by atoms with E-state index in [0.717, 1.165) is 13.0 Å². The van der Waals surface area contributed by atoms with Gasteiger partial charge < -0.3 is 10.1 Å². The maximum absolute atomic E-state index is 11.3. The fourth-order valence-electron chi connectivity index (χ4n) is 2.36. The first-order valence-corrected chi connectivity index (χ1v) is 6.38. The zero-order chi connectivity index (χ0) is 13.7. The first-order valence-electron chi connectivity index (χ1n) is 6.38. The maximum atomic E-state index is 11.3. The molecule has 0 spiro atoms. The molecule has 0 aromatic heterocycles. The van der Waals surface area contributed by atoms with Crippen LogP contribution in [0.25, 0.3) is 0 Å². The van der Waals surface area contributed by atoms with Crippen molar-refractivity contribution in [1.29, 1.82) is 0 Å². The molecule has 0 bridgehead atoms. The topological polar surface area (TPSA) is 38.3 Å². The molecule has 0 radical (unpaired) electrons. The molecule has 0 aromatic carbocycles. The van der Waals surface area contributed by atoms with Crippen LogP contribution < -0.4 is 5.32 Å². The predicted octanol–water partition coefficient (Wildman–Crippen LogP) is 2.99. The molecule has 0 amide bonds. The Morgan fingerprint density at radius 2 is 1.71 bits per heavy atom. The summed E-state index contributed by atoms with van der Waals surface area (Å²) in [6.45, 7) is 14.0. The number of hydrogen-bond donors (Lipinski definition) is 1. The van der Waals surface area contributed by atoms with Crippen LogP contribution in [0, 0.1) is 10.8 Å². The Morgan fingerprint density at radius 1 is 1.18 bits per heavy atom. The van der Waals surface area contributed by atoms with Gasteiger partial charge >= 0.3 is 5.97 Å². The summed E-state index contributed by atoms with van der Waals surface area (Å²) >= 11 is 0. The van der Waals surface area contributed by atoms with Crippen molar-refractivity contribution in [3.63, 3.8) is 0 Å². The van der Waals surface area contributed by atoms with Gasteiger partial charge in [-0.05, 0) is 17.3 Å². The highest BCUT2D eigenvalue weighted by atomic mass is 16.5. The third-order valence-electron chi connectivity index (χ3n) is 2.80. The summed E-state index contributed by atoms with van der Waals surface area (Å²) in [5.74, 6) is -0.123. The lowest BCUT2D eigenvalue weighted by Gasteiger charge is -2.35. The molecule has 0 atom stereocenters. The molecule has 17 heavy (non-hydrogen) atoms. The van der Waals surface area contributed by atoms with E-state index < -0.39 is 0 Å². The lowest BCUT2D eigenvalue weighted by atomic mass is 9.73. The van der Waals surface area contributed by atoms with Crippen molar-refractivity contribution in [2.24, 2.45) is 10.8 Å². The normalized spacial score (nSPS) is 12.9. The van der Waals surface area contributed by atoms with E-state index in [2.05, 4.69) is 46.9 Å². The van der Waals surface area contributed by atoms with Crippen molar-refractivity contribution < 1.29 is 9.53 Å². The molecule has 0 unspecified atom stereocenters. The van der Waals surface area contributed by atoms with Crippen molar-refractivity contribution in [2.75, 3.05) is 13.7 Å². The largest absolute Gasteiger partial charge is 0.469 e. The first-order chi connectivity index (χ1) is 7.58. The smallest absolute Gasteiger partial charge is 0.306 e. The molecule has 0 heterocycles. The fourth-order valence-corrected chi connectivity index (χ4v) is 2.36. The number of rotatable bonds is 7. The summed E-state index contributed by atoms with van der Waals surface area (Å²) in [7, 11) is 1.45. The van der Waals surface area contributed by atoms with Crippen molar-refractivity contribution in [3.8, 4) is 0 Å². The summed E-state index contributed by atoms with van der Waals surface area (Å²) in [5, 5.41) is 3.46. The number of nitrogens with one attached hydrogen (secondary N) is 1. The Hall–Kier alpha value is -0.570. The van der Waals surface area contributed by atoms with Crippen molar-refractivity contribution in [3.05, 3.63) is 0 Å². The van der Waals surface area contributed by atoms with E-state index in [1.807, 2.05) is 0 Å². The number of esters is 1. The van der Waals surface area contributed by atoms with Gasteiger partial charge in [-0.3, -0.25) is 4.79 Å². The molecular weight excluding hydrogens is 214 g/mol. The van der Waals surface area contributed by atoms with Gasteiger partial charge in [-0.15, -0.1) is 0 Å². The monoisotopic (exact) mass is 243 g/mol. The first kappa shape index (κ1) is 16.4. The lowest BCUT2D eigenvalue weighted by Crippen LogP contribution is -2.37. The highest BCUT2D eigenvalue weighted by molar-refractivity contribution is 5.69. The molecule has 0 aliphatic carbocycles. The van der Waals surface area contributed by atoms with Crippen LogP contribution in [0.1, 0.15) is 54.4 Å². The lowest BCUT2D eigenvalue weighted by molar-refractivity contribution is -0.143. The third kappa shape index (κ3) is 8.19. The van der Waals surface area contributed by atoms with Gasteiger partial charge in [0.15, 0.2) is 0 Å². The van der Waals surface area contributed by atoms with Gasteiger partial charge in [-0.2, -0.15) is 0 Å². The van der Waals surface area contributed by atoms with Gasteiger partial charge in [0.1, 0.15) is 0 Å². The highest BCUT2D eigenvalue weighted by Crippen LogP contribution is 2.36. The zero-order valence-corrected chi connectivity index (χ0v) is 12.5. The van der Waals surface area contributed by atoms with E-state index in [9.17, 15) is 4.79 Å². The molecule has 0 saturated carbocycles. The molecule has 0 rings (SSSR count). The molecule has 102 valence electrons. The van der Waals surface area contributed by atoms with Gasteiger partial charge in [-0.1, -0.05) is 41.5 Å². The Labute approximate surface area is 106 Å². The van der Waals surface area contributed by atoms with Gasteiger partial charge in [0.25, 0.3) is 0 Å². The molecule has 1 N–H and O–H groups in total. The summed E-state index contributed by atoms with van der Waals surface area (Å²) in [6.07, 6.45) is 1.48. The van der Waals surface area contributed by atoms with Crippen molar-refractivity contribution in [2.45, 2.75) is 60.4 Å². The van der Waals surface area contributed by atoms with Crippen molar-refractivity contribution >= 4 is 5.97 Å². The number of carbonyl (C=O) groups is 1. The Bertz CT molecular complexity index is 245. The Balaban J connectivity index is 4.31. The van der Waals surface area contributed by atoms with Crippen LogP contribution in [0.4, 0.5) is 0 Å². The van der Waals surface area contributed by atoms with E-state index in [0.29, 0.717) is 12.5 Å². The molecule has 0 aliphatic rings. The van der Waals surface area contributed by atoms with Gasteiger partial charge in [0, 0.05) is 12.6 Å². The molecule has 0 saturated heterocycles. The van der Waals surface area contributed by atoms with Gasteiger partial charge in [0.2, 0.25) is 0 Å². The Morgan fingerprint density at radius 3 is 2.12 bits per heavy atom. The number of carbonyl (C=O) groups excluding carboxylic acids is 1. The summed E-state index contributed by atoms with van der Waals surface area (Å²) < 4.78 is 4.74. The minimum absolute atomic E-state index is 0.0186. The van der Waals surface area contributed by atoms with E-state index in [-0.39, 0.29) is 16.8 Å². The Kier molecular flexibility index (Phi) is 6.17. The van der Waals surface area contributed by atoms with Crippen LogP contribution in [-0.4, -0.2) is 25.7 Å². The van der Waals surface area contributed by atoms with Gasteiger partial charge in [-0.25, -0.2) is 0 Å².